The van der Waals surface area contributed by atoms with E-state index in [0.717, 1.165) is 5.69 Å². The summed E-state index contributed by atoms with van der Waals surface area (Å²) in [5.41, 5.74) is 4.83. The van der Waals surface area contributed by atoms with Crippen LogP contribution in [0.2, 0.25) is 10.0 Å². The molecule has 1 amide bonds. The van der Waals surface area contributed by atoms with Crippen LogP contribution in [0.25, 0.3) is 10.2 Å². The maximum absolute atomic E-state index is 12.7. The van der Waals surface area contributed by atoms with E-state index in [-0.39, 0.29) is 5.91 Å². The maximum atomic E-state index is 12.7. The van der Waals surface area contributed by atoms with Gasteiger partial charge in [-0.25, -0.2) is 0 Å². The normalized spacial score (nSPS) is 18.7. The van der Waals surface area contributed by atoms with Crippen molar-refractivity contribution in [3.63, 3.8) is 0 Å². The molecule has 142 valence electrons. The molecule has 0 bridgehead atoms. The van der Waals surface area contributed by atoms with E-state index < -0.39 is 15.0 Å². The monoisotopic (exact) mass is 472 g/mol. The van der Waals surface area contributed by atoms with Crippen LogP contribution in [0, 0.1) is 0 Å². The Balaban J connectivity index is 1.68. The first-order valence-corrected chi connectivity index (χ1v) is 11.5. The van der Waals surface area contributed by atoms with Gasteiger partial charge in [-0.05, 0) is 0 Å². The van der Waals surface area contributed by atoms with E-state index in [0.29, 0.717) is 47.7 Å². The summed E-state index contributed by atoms with van der Waals surface area (Å²) >= 11 is 12.0. The first kappa shape index (κ1) is 18.7. The topological polar surface area (TPSA) is 59.4 Å². The van der Waals surface area contributed by atoms with E-state index in [9.17, 15) is 4.79 Å². The van der Waals surface area contributed by atoms with Crippen molar-refractivity contribution in [3.05, 3.63) is 62.8 Å². The number of amides is 1. The minimum atomic E-state index is -0.401. The molecule has 0 atom stereocenters. The van der Waals surface area contributed by atoms with Gasteiger partial charge in [-0.15, -0.1) is 0 Å². The van der Waals surface area contributed by atoms with Crippen LogP contribution < -0.4 is 5.43 Å². The second-order valence-electron chi connectivity index (χ2n) is 6.05. The Morgan fingerprint density at radius 1 is 1.22 bits per heavy atom. The average Bonchev–Trinajstić information content (AvgIpc) is 3.32. The number of morpholine rings is 1. The Kier molecular flexibility index (Phi) is 5.68. The fourth-order valence-corrected chi connectivity index (χ4v) is 5.24. The predicted octanol–water partition coefficient (Wildman–Crippen LogP) is 2.19. The molecule has 0 saturated carbocycles. The fourth-order valence-electron chi connectivity index (χ4n) is 2.89. The second-order valence-corrected chi connectivity index (χ2v) is 9.33. The van der Waals surface area contributed by atoms with Crippen molar-refractivity contribution < 1.29 is 9.53 Å². The Bertz CT molecular complexity index is 935. The zero-order valence-electron chi connectivity index (χ0n) is 14.3. The Labute approximate surface area is 172 Å². The number of rotatable bonds is 4. The zero-order chi connectivity index (χ0) is 18.8. The van der Waals surface area contributed by atoms with Crippen molar-refractivity contribution in [2.24, 2.45) is 0 Å². The number of allylic oxidation sites excluding steroid dienone is 2. The summed E-state index contributed by atoms with van der Waals surface area (Å²) in [5.74, 6) is -0.242. The van der Waals surface area contributed by atoms with Gasteiger partial charge in [0, 0.05) is 0 Å². The summed E-state index contributed by atoms with van der Waals surface area (Å²) in [6, 6.07) is 7.07. The predicted molar refractivity (Wildman–Crippen MR) is 109 cm³/mol. The van der Waals surface area contributed by atoms with Crippen molar-refractivity contribution >= 4 is 48.5 Å². The number of carbonyl (C=O) groups is 1. The molecule has 1 saturated heterocycles. The molecule has 3 heterocycles. The van der Waals surface area contributed by atoms with Crippen molar-refractivity contribution in [1.29, 1.82) is 0 Å². The Morgan fingerprint density at radius 3 is 2.74 bits per heavy atom. The zero-order valence-corrected chi connectivity index (χ0v) is 17.9. The molecule has 2 aliphatic rings. The molecule has 2 aliphatic heterocycles. The molecule has 0 aliphatic carbocycles. The van der Waals surface area contributed by atoms with Crippen LogP contribution in [0.4, 0.5) is 0 Å². The van der Waals surface area contributed by atoms with E-state index >= 15 is 0 Å². The van der Waals surface area contributed by atoms with Crippen LogP contribution in [0.15, 0.2) is 41.4 Å². The number of ether oxygens (including phenoxy) is 1. The molecule has 4 rings (SSSR count). The minimum absolute atomic E-state index is 0.242. The van der Waals surface area contributed by atoms with Gasteiger partial charge >= 0.3 is 173 Å². The molecule has 0 unspecified atom stereocenters. The molecule has 0 spiro atoms. The fraction of sp³-hybridized carbons (Fsp3) is 0.222. The van der Waals surface area contributed by atoms with Gasteiger partial charge in [-0.2, -0.15) is 0 Å². The van der Waals surface area contributed by atoms with Gasteiger partial charge < -0.3 is 0 Å². The van der Waals surface area contributed by atoms with Crippen molar-refractivity contribution in [2.45, 2.75) is 0 Å². The standard InChI is InChI=1S/C18H18Cl2N4O2Se/c19-12-3-4-15(13(20)10-12)24-16(17-2-1-9-27-17)11-14(21-24)18(25)22-23-5-7-26-8-6-23/h1-4,9-11H,5-8,27H2,(H,22,25). The summed E-state index contributed by atoms with van der Waals surface area (Å²) in [6.07, 6.45) is 4.12. The van der Waals surface area contributed by atoms with Crippen LogP contribution in [0.3, 0.4) is 0 Å². The van der Waals surface area contributed by atoms with Crippen molar-refractivity contribution in [3.8, 4) is 5.69 Å². The van der Waals surface area contributed by atoms with E-state index in [4.69, 9.17) is 27.9 Å². The molecular formula is C18H18Cl2N4O2Se. The molecule has 1 fully saturated rings. The van der Waals surface area contributed by atoms with Gasteiger partial charge in [-0.1, -0.05) is 0 Å². The van der Waals surface area contributed by atoms with Crippen LogP contribution in [-0.4, -0.2) is 62.0 Å². The molecule has 27 heavy (non-hydrogen) atoms. The van der Waals surface area contributed by atoms with Crippen LogP contribution >= 0.6 is 23.2 Å². The molecule has 1 aromatic heterocycles. The third-order valence-electron chi connectivity index (χ3n) is 4.22. The second kappa shape index (κ2) is 8.19. The summed E-state index contributed by atoms with van der Waals surface area (Å²) in [5, 5.41) is 7.44. The van der Waals surface area contributed by atoms with E-state index in [1.54, 1.807) is 16.8 Å². The number of hydrazine groups is 1. The third-order valence-corrected chi connectivity index (χ3v) is 7.06. The number of nitrogens with zero attached hydrogens (tertiary/aromatic N) is 3. The molecule has 1 N–H and O–H groups in total. The van der Waals surface area contributed by atoms with Gasteiger partial charge in [0.05, 0.1) is 0 Å². The molecule has 1 aromatic carbocycles. The first-order valence-electron chi connectivity index (χ1n) is 8.45. The number of hydrogen-bond acceptors (Lipinski definition) is 4. The van der Waals surface area contributed by atoms with E-state index in [1.165, 1.54) is 4.47 Å². The van der Waals surface area contributed by atoms with Crippen molar-refractivity contribution in [2.75, 3.05) is 26.3 Å². The van der Waals surface area contributed by atoms with Gasteiger partial charge in [0.1, 0.15) is 0 Å². The summed E-state index contributed by atoms with van der Waals surface area (Å²) in [4.78, 5) is 14.9. The van der Waals surface area contributed by atoms with Gasteiger partial charge in [-0.3, -0.25) is 0 Å². The van der Waals surface area contributed by atoms with Gasteiger partial charge in [0.15, 0.2) is 0 Å². The average molecular weight is 472 g/mol. The molecule has 9 heteroatoms. The van der Waals surface area contributed by atoms with Gasteiger partial charge in [0.2, 0.25) is 0 Å². The van der Waals surface area contributed by atoms with E-state index in [1.807, 2.05) is 23.2 Å². The third kappa shape index (κ3) is 4.14. The molecule has 2 aromatic rings. The summed E-state index contributed by atoms with van der Waals surface area (Å²) in [6.45, 7) is 2.52. The van der Waals surface area contributed by atoms with E-state index in [2.05, 4.69) is 21.6 Å². The van der Waals surface area contributed by atoms with Crippen LogP contribution in [0.1, 0.15) is 16.2 Å². The molecular weight excluding hydrogens is 454 g/mol. The van der Waals surface area contributed by atoms with Crippen LogP contribution in [-0.2, 0) is 4.74 Å². The quantitative estimate of drug-likeness (QED) is 0.694. The number of benzene rings is 1. The Hall–Kier alpha value is -1.60. The molecule has 0 radical (unpaired) electrons. The first-order chi connectivity index (χ1) is 13.1. The van der Waals surface area contributed by atoms with Crippen LogP contribution in [0.5, 0.6) is 0 Å². The van der Waals surface area contributed by atoms with Crippen molar-refractivity contribution in [1.82, 2.24) is 20.2 Å². The van der Waals surface area contributed by atoms with Gasteiger partial charge in [0.25, 0.3) is 0 Å². The summed E-state index contributed by atoms with van der Waals surface area (Å²) in [7, 11) is 0. The number of hydrogen-bond donors (Lipinski definition) is 1. The SMILES string of the molecule is O=C(NN1CCOCC1)c1cc(C2=CC=C[SeH2]2)n(-c2ccc(Cl)cc2Cl)n1. The number of aromatic nitrogens is 2. The molecule has 6 nitrogen and oxygen atoms in total. The Morgan fingerprint density at radius 2 is 2.04 bits per heavy atom. The number of nitrogens with one attached hydrogen (secondary N) is 1. The number of halogens is 2. The summed E-state index contributed by atoms with van der Waals surface area (Å²) < 4.78 is 8.23. The number of carbonyl (C=O) groups excluding carboxylic acids is 1.